The van der Waals surface area contributed by atoms with Gasteiger partial charge in [-0.3, -0.25) is 9.69 Å². The molecule has 3 heterocycles. The van der Waals surface area contributed by atoms with E-state index in [1.165, 1.54) is 5.52 Å². The number of anilines is 1. The van der Waals surface area contributed by atoms with E-state index in [1.54, 1.807) is 10.7 Å². The fraction of sp³-hybridized carbons (Fsp3) is 0.476. The Balaban J connectivity index is 1.22. The van der Waals surface area contributed by atoms with Crippen LogP contribution in [0.25, 0.3) is 11.0 Å². The lowest BCUT2D eigenvalue weighted by Gasteiger charge is -2.35. The minimum Gasteiger partial charge on any atom is -0.340 e. The van der Waals surface area contributed by atoms with Crippen molar-refractivity contribution in [3.63, 3.8) is 0 Å². The van der Waals surface area contributed by atoms with Gasteiger partial charge in [0.05, 0.1) is 23.3 Å². The third kappa shape index (κ3) is 3.09. The number of aryl methyl sites for hydroxylation is 3. The van der Waals surface area contributed by atoms with Crippen molar-refractivity contribution < 1.29 is 0 Å². The molecule has 0 spiro atoms. The number of piperazine rings is 1. The first kappa shape index (κ1) is 17.4. The zero-order valence-corrected chi connectivity index (χ0v) is 16.3. The van der Waals surface area contributed by atoms with E-state index >= 15 is 0 Å². The summed E-state index contributed by atoms with van der Waals surface area (Å²) in [6, 6.07) is 10.1. The Kier molecular flexibility index (Phi) is 4.39. The van der Waals surface area contributed by atoms with Crippen LogP contribution in [0.1, 0.15) is 17.7 Å². The summed E-state index contributed by atoms with van der Waals surface area (Å²) in [5, 5.41) is 4.59. The average molecular weight is 378 g/mol. The Hall–Kier alpha value is -2.67. The van der Waals surface area contributed by atoms with Crippen LogP contribution < -0.4 is 10.5 Å². The Morgan fingerprint density at radius 2 is 1.86 bits per heavy atom. The van der Waals surface area contributed by atoms with E-state index in [1.807, 2.05) is 6.07 Å². The van der Waals surface area contributed by atoms with E-state index in [4.69, 9.17) is 4.98 Å². The van der Waals surface area contributed by atoms with Crippen LogP contribution in [0.15, 0.2) is 35.1 Å². The standard InChI is InChI=1S/C21H26N6O/c1-24-19-8-3-2-6-18(19)22-21(24)26-12-9-25(10-13-26)11-14-27-20(28)15-16-5-4-7-17(16)23-27/h2-3,6,8,15H,4-5,7,9-14H2,1H3. The van der Waals surface area contributed by atoms with Crippen molar-refractivity contribution in [2.45, 2.75) is 25.8 Å². The fourth-order valence-corrected chi connectivity index (χ4v) is 4.42. The number of para-hydroxylation sites is 2. The molecule has 5 rings (SSSR count). The SMILES string of the molecule is Cn1c(N2CCN(CCn3nc4c(cc3=O)CCC4)CC2)nc2ccccc21. The normalized spacial score (nSPS) is 17.4. The van der Waals surface area contributed by atoms with E-state index in [-0.39, 0.29) is 5.56 Å². The number of rotatable bonds is 4. The zero-order valence-electron chi connectivity index (χ0n) is 16.3. The van der Waals surface area contributed by atoms with E-state index in [9.17, 15) is 4.79 Å². The molecule has 7 nitrogen and oxygen atoms in total. The van der Waals surface area contributed by atoms with Gasteiger partial charge in [0.25, 0.3) is 5.56 Å². The van der Waals surface area contributed by atoms with Crippen molar-refractivity contribution in [2.75, 3.05) is 37.6 Å². The molecule has 146 valence electrons. The minimum atomic E-state index is 0.0407. The van der Waals surface area contributed by atoms with Gasteiger partial charge < -0.3 is 9.47 Å². The zero-order chi connectivity index (χ0) is 19.1. The Morgan fingerprint density at radius 1 is 1.04 bits per heavy atom. The van der Waals surface area contributed by atoms with Gasteiger partial charge >= 0.3 is 0 Å². The molecule has 0 bridgehead atoms. The maximum atomic E-state index is 12.3. The molecule has 0 atom stereocenters. The Labute approximate surface area is 164 Å². The van der Waals surface area contributed by atoms with Gasteiger partial charge in [-0.05, 0) is 37.0 Å². The maximum Gasteiger partial charge on any atom is 0.267 e. The highest BCUT2D eigenvalue weighted by molar-refractivity contribution is 5.78. The second kappa shape index (κ2) is 7.05. The molecular weight excluding hydrogens is 352 g/mol. The first-order valence-electron chi connectivity index (χ1n) is 10.2. The summed E-state index contributed by atoms with van der Waals surface area (Å²) in [6.45, 7) is 5.37. The summed E-state index contributed by atoms with van der Waals surface area (Å²) in [6.07, 6.45) is 3.13. The molecule has 28 heavy (non-hydrogen) atoms. The van der Waals surface area contributed by atoms with Gasteiger partial charge in [-0.1, -0.05) is 12.1 Å². The molecule has 0 N–H and O–H groups in total. The van der Waals surface area contributed by atoms with Gasteiger partial charge in [0, 0.05) is 45.8 Å². The number of imidazole rings is 1. The molecule has 0 radical (unpaired) electrons. The van der Waals surface area contributed by atoms with Gasteiger partial charge in [-0.25, -0.2) is 9.67 Å². The van der Waals surface area contributed by atoms with Crippen LogP contribution in [0.4, 0.5) is 5.95 Å². The summed E-state index contributed by atoms with van der Waals surface area (Å²) in [5.41, 5.74) is 4.52. The van der Waals surface area contributed by atoms with Gasteiger partial charge in [-0.15, -0.1) is 0 Å². The third-order valence-electron chi connectivity index (χ3n) is 6.07. The van der Waals surface area contributed by atoms with Gasteiger partial charge in [0.15, 0.2) is 0 Å². The van der Waals surface area contributed by atoms with Crippen LogP contribution in [0, 0.1) is 0 Å². The summed E-state index contributed by atoms with van der Waals surface area (Å²) >= 11 is 0. The molecule has 3 aromatic rings. The lowest BCUT2D eigenvalue weighted by Crippen LogP contribution is -2.48. The fourth-order valence-electron chi connectivity index (χ4n) is 4.42. The lowest BCUT2D eigenvalue weighted by atomic mass is 10.2. The van der Waals surface area contributed by atoms with E-state index in [0.717, 1.165) is 74.7 Å². The quantitative estimate of drug-likeness (QED) is 0.688. The molecule has 0 saturated carbocycles. The number of hydrogen-bond acceptors (Lipinski definition) is 5. The lowest BCUT2D eigenvalue weighted by molar-refractivity contribution is 0.241. The van der Waals surface area contributed by atoms with E-state index in [2.05, 4.69) is 44.7 Å². The monoisotopic (exact) mass is 378 g/mol. The number of benzene rings is 1. The van der Waals surface area contributed by atoms with Crippen LogP contribution in [0.3, 0.4) is 0 Å². The second-order valence-corrected chi connectivity index (χ2v) is 7.82. The van der Waals surface area contributed by atoms with E-state index in [0.29, 0.717) is 6.54 Å². The topological polar surface area (TPSA) is 59.2 Å². The summed E-state index contributed by atoms with van der Waals surface area (Å²) < 4.78 is 3.83. The maximum absolute atomic E-state index is 12.3. The van der Waals surface area contributed by atoms with Crippen LogP contribution in [-0.4, -0.2) is 57.0 Å². The Bertz CT molecular complexity index is 1060. The highest BCUT2D eigenvalue weighted by Gasteiger charge is 2.21. The van der Waals surface area contributed by atoms with Crippen molar-refractivity contribution in [3.05, 3.63) is 51.9 Å². The van der Waals surface area contributed by atoms with Crippen molar-refractivity contribution in [2.24, 2.45) is 7.05 Å². The molecule has 1 aromatic carbocycles. The molecule has 0 amide bonds. The van der Waals surface area contributed by atoms with Crippen LogP contribution >= 0.6 is 0 Å². The van der Waals surface area contributed by atoms with Crippen molar-refractivity contribution >= 4 is 17.0 Å². The van der Waals surface area contributed by atoms with Crippen LogP contribution in [0.2, 0.25) is 0 Å². The molecule has 1 saturated heterocycles. The number of hydrogen-bond donors (Lipinski definition) is 0. The Morgan fingerprint density at radius 3 is 2.68 bits per heavy atom. The molecular formula is C21H26N6O. The third-order valence-corrected chi connectivity index (χ3v) is 6.07. The van der Waals surface area contributed by atoms with Crippen LogP contribution in [0.5, 0.6) is 0 Å². The van der Waals surface area contributed by atoms with Gasteiger partial charge in [0.1, 0.15) is 0 Å². The largest absolute Gasteiger partial charge is 0.340 e. The summed E-state index contributed by atoms with van der Waals surface area (Å²) in [5.74, 6) is 1.04. The summed E-state index contributed by atoms with van der Waals surface area (Å²) in [4.78, 5) is 21.9. The average Bonchev–Trinajstić information content (AvgIpc) is 3.31. The predicted octanol–water partition coefficient (Wildman–Crippen LogP) is 1.44. The highest BCUT2D eigenvalue weighted by Crippen LogP contribution is 2.22. The van der Waals surface area contributed by atoms with Gasteiger partial charge in [0.2, 0.25) is 5.95 Å². The first-order chi connectivity index (χ1) is 13.7. The predicted molar refractivity (Wildman–Crippen MR) is 110 cm³/mol. The second-order valence-electron chi connectivity index (χ2n) is 7.82. The molecule has 1 fully saturated rings. The molecule has 7 heteroatoms. The molecule has 0 unspecified atom stereocenters. The number of fused-ring (bicyclic) bond motifs is 2. The first-order valence-corrected chi connectivity index (χ1v) is 10.2. The highest BCUT2D eigenvalue weighted by atomic mass is 16.1. The molecule has 2 aromatic heterocycles. The molecule has 1 aliphatic carbocycles. The summed E-state index contributed by atoms with van der Waals surface area (Å²) in [7, 11) is 2.09. The van der Waals surface area contributed by atoms with Crippen molar-refractivity contribution in [3.8, 4) is 0 Å². The van der Waals surface area contributed by atoms with Crippen molar-refractivity contribution in [1.29, 1.82) is 0 Å². The minimum absolute atomic E-state index is 0.0407. The molecule has 2 aliphatic rings. The van der Waals surface area contributed by atoms with Gasteiger partial charge in [-0.2, -0.15) is 5.10 Å². The van der Waals surface area contributed by atoms with Crippen molar-refractivity contribution in [1.82, 2.24) is 24.2 Å². The number of aromatic nitrogens is 4. The van der Waals surface area contributed by atoms with E-state index < -0.39 is 0 Å². The smallest absolute Gasteiger partial charge is 0.267 e. The number of nitrogens with zero attached hydrogens (tertiary/aromatic N) is 6. The molecule has 1 aliphatic heterocycles. The van der Waals surface area contributed by atoms with Crippen LogP contribution in [-0.2, 0) is 26.4 Å².